The van der Waals surface area contributed by atoms with E-state index in [-0.39, 0.29) is 5.41 Å². The largest absolute Gasteiger partial charge is 0.481 e. The lowest BCUT2D eigenvalue weighted by Gasteiger charge is -2.22. The fraction of sp³-hybridized carbons (Fsp3) is 0.667. The highest BCUT2D eigenvalue weighted by Gasteiger charge is 2.50. The van der Waals surface area contributed by atoms with Gasteiger partial charge in [0, 0.05) is 16.7 Å². The number of ether oxygens (including phenoxy) is 1. The van der Waals surface area contributed by atoms with E-state index in [9.17, 15) is 0 Å². The van der Waals surface area contributed by atoms with E-state index in [1.807, 2.05) is 6.92 Å². The lowest BCUT2D eigenvalue weighted by Crippen LogP contribution is -2.18. The Morgan fingerprint density at radius 3 is 2.47 bits per heavy atom. The van der Waals surface area contributed by atoms with Gasteiger partial charge in [0.25, 0.3) is 0 Å². The van der Waals surface area contributed by atoms with Gasteiger partial charge in [-0.05, 0) is 25.7 Å². The first-order valence-corrected chi connectivity index (χ1v) is 5.48. The van der Waals surface area contributed by atoms with Gasteiger partial charge >= 0.3 is 0 Å². The molecular formula is C12H18N2O. The van der Waals surface area contributed by atoms with Crippen LogP contribution in [0.4, 0.5) is 0 Å². The molecule has 0 aromatic carbocycles. The third-order valence-electron chi connectivity index (χ3n) is 3.59. The van der Waals surface area contributed by atoms with Crippen molar-refractivity contribution in [1.82, 2.24) is 9.97 Å². The van der Waals surface area contributed by atoms with Crippen LogP contribution in [-0.2, 0) is 5.41 Å². The Bertz CT molecular complexity index is 370. The first-order valence-electron chi connectivity index (χ1n) is 5.48. The van der Waals surface area contributed by atoms with E-state index in [0.717, 1.165) is 11.6 Å². The Morgan fingerprint density at radius 2 is 2.00 bits per heavy atom. The average Bonchev–Trinajstić information content (AvgIpc) is 2.98. The molecule has 15 heavy (non-hydrogen) atoms. The van der Waals surface area contributed by atoms with Gasteiger partial charge in [-0.2, -0.15) is 0 Å². The molecule has 3 heteroatoms. The first-order chi connectivity index (χ1) is 7.12. The second-order valence-electron chi connectivity index (χ2n) is 4.65. The summed E-state index contributed by atoms with van der Waals surface area (Å²) < 4.78 is 5.35. The van der Waals surface area contributed by atoms with Crippen LogP contribution < -0.4 is 4.74 Å². The van der Waals surface area contributed by atoms with Gasteiger partial charge in [-0.25, -0.2) is 9.97 Å². The van der Waals surface area contributed by atoms with Crippen LogP contribution in [-0.4, -0.2) is 17.1 Å². The maximum Gasteiger partial charge on any atom is 0.220 e. The van der Waals surface area contributed by atoms with Crippen molar-refractivity contribution in [1.29, 1.82) is 0 Å². The minimum atomic E-state index is 0.274. The SMILES string of the molecule is COc1ncnc(C)c1C1(C(C)C)CC1. The molecule has 0 saturated heterocycles. The highest BCUT2D eigenvalue weighted by molar-refractivity contribution is 5.41. The summed E-state index contributed by atoms with van der Waals surface area (Å²) in [5, 5.41) is 0. The number of rotatable bonds is 3. The highest BCUT2D eigenvalue weighted by Crippen LogP contribution is 2.56. The van der Waals surface area contributed by atoms with E-state index < -0.39 is 0 Å². The summed E-state index contributed by atoms with van der Waals surface area (Å²) in [6.07, 6.45) is 4.04. The second kappa shape index (κ2) is 3.47. The molecular weight excluding hydrogens is 188 g/mol. The predicted octanol–water partition coefficient (Wildman–Crippen LogP) is 2.48. The van der Waals surface area contributed by atoms with Crippen LogP contribution in [0.15, 0.2) is 6.33 Å². The van der Waals surface area contributed by atoms with Crippen molar-refractivity contribution in [3.05, 3.63) is 17.6 Å². The fourth-order valence-corrected chi connectivity index (χ4v) is 2.43. The average molecular weight is 206 g/mol. The van der Waals surface area contributed by atoms with Gasteiger partial charge in [-0.15, -0.1) is 0 Å². The zero-order chi connectivity index (χ0) is 11.1. The molecule has 0 amide bonds. The van der Waals surface area contributed by atoms with E-state index in [0.29, 0.717) is 5.92 Å². The summed E-state index contributed by atoms with van der Waals surface area (Å²) in [7, 11) is 1.68. The Morgan fingerprint density at radius 1 is 1.33 bits per heavy atom. The number of nitrogens with zero attached hydrogens (tertiary/aromatic N) is 2. The zero-order valence-electron chi connectivity index (χ0n) is 9.87. The van der Waals surface area contributed by atoms with Gasteiger partial charge in [0.05, 0.1) is 7.11 Å². The highest BCUT2D eigenvalue weighted by atomic mass is 16.5. The number of methoxy groups -OCH3 is 1. The molecule has 0 N–H and O–H groups in total. The van der Waals surface area contributed by atoms with Crippen LogP contribution in [0, 0.1) is 12.8 Å². The molecule has 1 saturated carbocycles. The van der Waals surface area contributed by atoms with Crippen LogP contribution >= 0.6 is 0 Å². The third-order valence-corrected chi connectivity index (χ3v) is 3.59. The van der Waals surface area contributed by atoms with Crippen LogP contribution in [0.3, 0.4) is 0 Å². The van der Waals surface area contributed by atoms with E-state index in [2.05, 4.69) is 23.8 Å². The van der Waals surface area contributed by atoms with Gasteiger partial charge in [-0.3, -0.25) is 0 Å². The molecule has 1 fully saturated rings. The summed E-state index contributed by atoms with van der Waals surface area (Å²) >= 11 is 0. The summed E-state index contributed by atoms with van der Waals surface area (Å²) in [6.45, 7) is 6.57. The molecule has 1 aliphatic carbocycles. The van der Waals surface area contributed by atoms with Crippen molar-refractivity contribution in [3.8, 4) is 5.88 Å². The first kappa shape index (κ1) is 10.4. The summed E-state index contributed by atoms with van der Waals surface area (Å²) in [5.74, 6) is 1.38. The van der Waals surface area contributed by atoms with Crippen LogP contribution in [0.25, 0.3) is 0 Å². The smallest absolute Gasteiger partial charge is 0.220 e. The lowest BCUT2D eigenvalue weighted by molar-refractivity contribution is 0.370. The molecule has 0 atom stereocenters. The molecule has 1 heterocycles. The monoisotopic (exact) mass is 206 g/mol. The molecule has 82 valence electrons. The van der Waals surface area contributed by atoms with Crippen LogP contribution in [0.2, 0.25) is 0 Å². The van der Waals surface area contributed by atoms with Gasteiger partial charge in [0.15, 0.2) is 0 Å². The van der Waals surface area contributed by atoms with Crippen molar-refractivity contribution in [2.24, 2.45) is 5.92 Å². The summed E-state index contributed by atoms with van der Waals surface area (Å²) in [5.41, 5.74) is 2.56. The molecule has 0 unspecified atom stereocenters. The maximum atomic E-state index is 5.35. The molecule has 1 aromatic rings. The number of aromatic nitrogens is 2. The fourth-order valence-electron chi connectivity index (χ4n) is 2.43. The van der Waals surface area contributed by atoms with E-state index in [1.54, 1.807) is 13.4 Å². The Hall–Kier alpha value is -1.12. The topological polar surface area (TPSA) is 35.0 Å². The molecule has 2 rings (SSSR count). The normalized spacial score (nSPS) is 17.9. The van der Waals surface area contributed by atoms with Crippen molar-refractivity contribution < 1.29 is 4.74 Å². The van der Waals surface area contributed by atoms with Gasteiger partial charge in [0.2, 0.25) is 5.88 Å². The minimum absolute atomic E-state index is 0.274. The van der Waals surface area contributed by atoms with Crippen molar-refractivity contribution in [2.45, 2.75) is 39.0 Å². The Kier molecular flexibility index (Phi) is 2.41. The molecule has 0 radical (unpaired) electrons. The molecule has 0 spiro atoms. The van der Waals surface area contributed by atoms with Gasteiger partial charge < -0.3 is 4.74 Å². The maximum absolute atomic E-state index is 5.35. The van der Waals surface area contributed by atoms with Crippen molar-refractivity contribution >= 4 is 0 Å². The standard InChI is InChI=1S/C12H18N2O/c1-8(2)12(5-6-12)10-9(3)13-7-14-11(10)15-4/h7-8H,5-6H2,1-4H3. The summed E-state index contributed by atoms with van der Waals surface area (Å²) in [6, 6.07) is 0. The second-order valence-corrected chi connectivity index (χ2v) is 4.65. The molecule has 1 aromatic heterocycles. The molecule has 1 aliphatic rings. The lowest BCUT2D eigenvalue weighted by atomic mass is 9.84. The van der Waals surface area contributed by atoms with Gasteiger partial charge in [-0.1, -0.05) is 13.8 Å². The Balaban J connectivity index is 2.51. The minimum Gasteiger partial charge on any atom is -0.481 e. The van der Waals surface area contributed by atoms with E-state index in [1.165, 1.54) is 18.4 Å². The third kappa shape index (κ3) is 1.50. The van der Waals surface area contributed by atoms with Crippen LogP contribution in [0.1, 0.15) is 37.9 Å². The van der Waals surface area contributed by atoms with E-state index in [4.69, 9.17) is 4.74 Å². The van der Waals surface area contributed by atoms with Crippen molar-refractivity contribution in [3.63, 3.8) is 0 Å². The number of hydrogen-bond donors (Lipinski definition) is 0. The molecule has 0 aliphatic heterocycles. The van der Waals surface area contributed by atoms with Crippen molar-refractivity contribution in [2.75, 3.05) is 7.11 Å². The Labute approximate surface area is 90.9 Å². The number of hydrogen-bond acceptors (Lipinski definition) is 3. The predicted molar refractivity (Wildman–Crippen MR) is 59.1 cm³/mol. The number of aryl methyl sites for hydroxylation is 1. The van der Waals surface area contributed by atoms with Crippen LogP contribution in [0.5, 0.6) is 5.88 Å². The zero-order valence-corrected chi connectivity index (χ0v) is 9.87. The quantitative estimate of drug-likeness (QED) is 0.762. The summed E-state index contributed by atoms with van der Waals surface area (Å²) in [4.78, 5) is 8.50. The van der Waals surface area contributed by atoms with E-state index >= 15 is 0 Å². The molecule has 0 bridgehead atoms. The molecule has 3 nitrogen and oxygen atoms in total. The van der Waals surface area contributed by atoms with Gasteiger partial charge in [0.1, 0.15) is 6.33 Å².